The van der Waals surface area contributed by atoms with E-state index in [2.05, 4.69) is 0 Å². The Morgan fingerprint density at radius 3 is 2.73 bits per heavy atom. The number of rotatable bonds is 2. The fourth-order valence-electron chi connectivity index (χ4n) is 0.852. The lowest BCUT2D eigenvalue weighted by atomic mass is 10.3. The summed E-state index contributed by atoms with van der Waals surface area (Å²) in [6.45, 7) is 1.94. The average Bonchev–Trinajstić information content (AvgIpc) is 2.28. The van der Waals surface area contributed by atoms with Crippen molar-refractivity contribution in [1.29, 1.82) is 0 Å². The lowest BCUT2D eigenvalue weighted by Gasteiger charge is -2.05. The van der Waals surface area contributed by atoms with Crippen LogP contribution in [-0.4, -0.2) is 12.2 Å². The Balaban J connectivity index is 2.93. The number of aliphatic hydroxyl groups is 1. The number of aryl methyl sites for hydroxylation is 1. The Bertz CT molecular complexity index is 247. The van der Waals surface area contributed by atoms with Crippen molar-refractivity contribution in [3.63, 3.8) is 0 Å². The summed E-state index contributed by atoms with van der Waals surface area (Å²) >= 11 is 1.45. The van der Waals surface area contributed by atoms with Crippen molar-refractivity contribution in [1.82, 2.24) is 0 Å². The van der Waals surface area contributed by atoms with Crippen LogP contribution < -0.4 is 5.73 Å². The van der Waals surface area contributed by atoms with Crippen LogP contribution in [0.15, 0.2) is 6.07 Å². The number of methoxy groups -OCH3 is 1. The first-order chi connectivity index (χ1) is 5.15. The average molecular weight is 173 g/mol. The Labute approximate surface area is 69.4 Å². The van der Waals surface area contributed by atoms with E-state index >= 15 is 0 Å². The topological polar surface area (TPSA) is 55.5 Å². The van der Waals surface area contributed by atoms with Gasteiger partial charge in [-0.2, -0.15) is 0 Å². The molecule has 0 saturated carbocycles. The van der Waals surface area contributed by atoms with E-state index in [4.69, 9.17) is 10.5 Å². The summed E-state index contributed by atoms with van der Waals surface area (Å²) in [6.07, 6.45) is -0.881. The van der Waals surface area contributed by atoms with Gasteiger partial charge in [-0.3, -0.25) is 0 Å². The lowest BCUT2D eigenvalue weighted by molar-refractivity contribution is -0.0738. The molecular weight excluding hydrogens is 162 g/mol. The van der Waals surface area contributed by atoms with Crippen molar-refractivity contribution in [2.24, 2.45) is 0 Å². The zero-order valence-electron chi connectivity index (χ0n) is 6.50. The molecule has 1 unspecified atom stereocenters. The third kappa shape index (κ3) is 1.71. The van der Waals surface area contributed by atoms with Gasteiger partial charge in [0.15, 0.2) is 6.29 Å². The van der Waals surface area contributed by atoms with Crippen LogP contribution in [0.5, 0.6) is 0 Å². The first kappa shape index (κ1) is 8.52. The predicted molar refractivity (Wildman–Crippen MR) is 45.4 cm³/mol. The summed E-state index contributed by atoms with van der Waals surface area (Å²) in [7, 11) is 1.44. The quantitative estimate of drug-likeness (QED) is 0.662. The van der Waals surface area contributed by atoms with Crippen molar-refractivity contribution >= 4 is 17.0 Å². The normalized spacial score (nSPS) is 13.4. The van der Waals surface area contributed by atoms with Gasteiger partial charge >= 0.3 is 0 Å². The van der Waals surface area contributed by atoms with E-state index < -0.39 is 6.29 Å². The molecule has 4 heteroatoms. The molecule has 62 valence electrons. The SMILES string of the molecule is COC(O)c1sc(C)cc1N. The lowest BCUT2D eigenvalue weighted by Crippen LogP contribution is -1.99. The molecule has 0 aliphatic rings. The van der Waals surface area contributed by atoms with E-state index in [9.17, 15) is 5.11 Å². The summed E-state index contributed by atoms with van der Waals surface area (Å²) in [4.78, 5) is 1.76. The zero-order chi connectivity index (χ0) is 8.43. The molecule has 0 fully saturated rings. The van der Waals surface area contributed by atoms with Crippen LogP contribution in [0, 0.1) is 6.92 Å². The van der Waals surface area contributed by atoms with Gasteiger partial charge in [-0.25, -0.2) is 0 Å². The van der Waals surface area contributed by atoms with Crippen molar-refractivity contribution < 1.29 is 9.84 Å². The fourth-order valence-corrected chi connectivity index (χ4v) is 1.76. The summed E-state index contributed by atoms with van der Waals surface area (Å²) in [5.74, 6) is 0. The number of nitrogens with two attached hydrogens (primary N) is 1. The van der Waals surface area contributed by atoms with Gasteiger partial charge in [0, 0.05) is 12.0 Å². The van der Waals surface area contributed by atoms with Gasteiger partial charge in [-0.15, -0.1) is 11.3 Å². The number of ether oxygens (including phenoxy) is 1. The Morgan fingerprint density at radius 1 is 1.73 bits per heavy atom. The highest BCUT2D eigenvalue weighted by atomic mass is 32.1. The first-order valence-electron chi connectivity index (χ1n) is 3.22. The van der Waals surface area contributed by atoms with Crippen LogP contribution in [0.1, 0.15) is 16.0 Å². The van der Waals surface area contributed by atoms with E-state index in [1.54, 1.807) is 0 Å². The number of nitrogen functional groups attached to an aromatic ring is 1. The molecule has 0 saturated heterocycles. The van der Waals surface area contributed by atoms with Crippen LogP contribution in [0.2, 0.25) is 0 Å². The van der Waals surface area contributed by atoms with Crippen molar-refractivity contribution in [2.45, 2.75) is 13.2 Å². The largest absolute Gasteiger partial charge is 0.398 e. The minimum atomic E-state index is -0.881. The van der Waals surface area contributed by atoms with Gasteiger partial charge in [-0.1, -0.05) is 0 Å². The van der Waals surface area contributed by atoms with Gasteiger partial charge < -0.3 is 15.6 Å². The van der Waals surface area contributed by atoms with E-state index in [0.29, 0.717) is 10.6 Å². The highest BCUT2D eigenvalue weighted by Gasteiger charge is 2.12. The van der Waals surface area contributed by atoms with Gasteiger partial charge in [0.1, 0.15) is 0 Å². The third-order valence-electron chi connectivity index (χ3n) is 1.36. The number of aliphatic hydroxyl groups excluding tert-OH is 1. The maximum atomic E-state index is 9.23. The first-order valence-corrected chi connectivity index (χ1v) is 4.03. The number of hydrogen-bond donors (Lipinski definition) is 2. The fraction of sp³-hybridized carbons (Fsp3) is 0.429. The molecule has 1 heterocycles. The standard InChI is InChI=1S/C7H11NO2S/c1-4-3-5(8)6(11-4)7(9)10-2/h3,7,9H,8H2,1-2H3. The molecule has 11 heavy (non-hydrogen) atoms. The summed E-state index contributed by atoms with van der Waals surface area (Å²) in [5.41, 5.74) is 6.19. The van der Waals surface area contributed by atoms with Crippen molar-refractivity contribution in [3.05, 3.63) is 15.8 Å². The van der Waals surface area contributed by atoms with Crippen LogP contribution >= 0.6 is 11.3 Å². The molecule has 0 aliphatic carbocycles. The number of thiophene rings is 1. The van der Waals surface area contributed by atoms with Crippen LogP contribution in [-0.2, 0) is 4.74 Å². The van der Waals surface area contributed by atoms with Gasteiger partial charge in [0.25, 0.3) is 0 Å². The minimum Gasteiger partial charge on any atom is -0.398 e. The second-order valence-corrected chi connectivity index (χ2v) is 3.55. The maximum Gasteiger partial charge on any atom is 0.192 e. The highest BCUT2D eigenvalue weighted by molar-refractivity contribution is 7.12. The van der Waals surface area contributed by atoms with Crippen molar-refractivity contribution in [2.75, 3.05) is 12.8 Å². The minimum absolute atomic E-state index is 0.599. The van der Waals surface area contributed by atoms with E-state index in [1.165, 1.54) is 18.4 Å². The predicted octanol–water partition coefficient (Wildman–Crippen LogP) is 1.28. The number of hydrogen-bond acceptors (Lipinski definition) is 4. The molecule has 0 bridgehead atoms. The van der Waals surface area contributed by atoms with Gasteiger partial charge in [0.2, 0.25) is 0 Å². The van der Waals surface area contributed by atoms with Crippen LogP contribution in [0.4, 0.5) is 5.69 Å². The monoisotopic (exact) mass is 173 g/mol. The second kappa shape index (κ2) is 3.21. The molecule has 0 aliphatic heterocycles. The summed E-state index contributed by atoms with van der Waals surface area (Å²) in [5, 5.41) is 9.23. The van der Waals surface area contributed by atoms with Gasteiger partial charge in [-0.05, 0) is 13.0 Å². The molecule has 1 aromatic rings. The van der Waals surface area contributed by atoms with E-state index in [1.807, 2.05) is 13.0 Å². The Kier molecular flexibility index (Phi) is 2.49. The third-order valence-corrected chi connectivity index (χ3v) is 2.46. The molecule has 1 atom stereocenters. The number of anilines is 1. The molecule has 3 nitrogen and oxygen atoms in total. The maximum absolute atomic E-state index is 9.23. The van der Waals surface area contributed by atoms with E-state index in [0.717, 1.165) is 4.88 Å². The molecule has 0 radical (unpaired) electrons. The van der Waals surface area contributed by atoms with Gasteiger partial charge in [0.05, 0.1) is 10.6 Å². The molecule has 1 aromatic heterocycles. The van der Waals surface area contributed by atoms with E-state index in [-0.39, 0.29) is 0 Å². The van der Waals surface area contributed by atoms with Crippen molar-refractivity contribution in [3.8, 4) is 0 Å². The highest BCUT2D eigenvalue weighted by Crippen LogP contribution is 2.29. The molecule has 1 rings (SSSR count). The second-order valence-electron chi connectivity index (χ2n) is 2.26. The molecule has 0 amide bonds. The molecule has 3 N–H and O–H groups in total. The molecule has 0 aromatic carbocycles. The summed E-state index contributed by atoms with van der Waals surface area (Å²) in [6, 6.07) is 1.82. The Morgan fingerprint density at radius 2 is 2.36 bits per heavy atom. The smallest absolute Gasteiger partial charge is 0.192 e. The molecular formula is C7H11NO2S. The zero-order valence-corrected chi connectivity index (χ0v) is 7.31. The van der Waals surface area contributed by atoms with Crippen LogP contribution in [0.3, 0.4) is 0 Å². The molecule has 0 spiro atoms. The summed E-state index contributed by atoms with van der Waals surface area (Å²) < 4.78 is 4.72. The van der Waals surface area contributed by atoms with Crippen LogP contribution in [0.25, 0.3) is 0 Å². The Hall–Kier alpha value is -0.580.